The van der Waals surface area contributed by atoms with E-state index in [-0.39, 0.29) is 18.5 Å². The fourth-order valence-corrected chi connectivity index (χ4v) is 2.36. The second-order valence-corrected chi connectivity index (χ2v) is 5.69. The Bertz CT molecular complexity index is 930. The van der Waals surface area contributed by atoms with Gasteiger partial charge in [-0.1, -0.05) is 18.2 Å². The Morgan fingerprint density at radius 3 is 2.22 bits per heavy atom. The van der Waals surface area contributed by atoms with Crippen molar-refractivity contribution in [1.82, 2.24) is 10.3 Å². The van der Waals surface area contributed by atoms with Crippen molar-refractivity contribution in [3.63, 3.8) is 0 Å². The van der Waals surface area contributed by atoms with Crippen LogP contribution in [0.25, 0.3) is 0 Å². The number of aromatic nitrogens is 1. The summed E-state index contributed by atoms with van der Waals surface area (Å²) in [6.45, 7) is 0.192. The van der Waals surface area contributed by atoms with Crippen molar-refractivity contribution in [2.45, 2.75) is 6.54 Å². The van der Waals surface area contributed by atoms with Gasteiger partial charge in [-0.15, -0.1) is 0 Å². The molecule has 1 heterocycles. The topological polar surface area (TPSA) is 83.1 Å². The summed E-state index contributed by atoms with van der Waals surface area (Å²) in [7, 11) is 0. The van der Waals surface area contributed by atoms with E-state index >= 15 is 0 Å². The maximum atomic E-state index is 13.0. The molecule has 3 amide bonds. The number of pyridine rings is 1. The van der Waals surface area contributed by atoms with Gasteiger partial charge in [0.2, 0.25) is 5.95 Å². The Kier molecular flexibility index (Phi) is 5.73. The van der Waals surface area contributed by atoms with E-state index < -0.39 is 5.95 Å². The second kappa shape index (κ2) is 8.57. The number of carbonyl (C=O) groups excluding carboxylic acids is 2. The van der Waals surface area contributed by atoms with Crippen LogP contribution < -0.4 is 16.0 Å². The van der Waals surface area contributed by atoms with Gasteiger partial charge in [-0.3, -0.25) is 4.79 Å². The number of benzene rings is 2. The van der Waals surface area contributed by atoms with Gasteiger partial charge in [0.1, 0.15) is 0 Å². The third kappa shape index (κ3) is 5.37. The molecule has 7 heteroatoms. The van der Waals surface area contributed by atoms with Gasteiger partial charge in [-0.2, -0.15) is 4.39 Å². The highest BCUT2D eigenvalue weighted by molar-refractivity contribution is 6.00. The van der Waals surface area contributed by atoms with E-state index in [1.165, 1.54) is 12.3 Å². The zero-order valence-corrected chi connectivity index (χ0v) is 14.3. The molecule has 0 unspecified atom stereocenters. The fourth-order valence-electron chi connectivity index (χ4n) is 2.36. The molecular weight excluding hydrogens is 347 g/mol. The number of urea groups is 1. The molecule has 136 valence electrons. The summed E-state index contributed by atoms with van der Waals surface area (Å²) in [5.74, 6) is -0.890. The number of halogens is 1. The van der Waals surface area contributed by atoms with Crippen molar-refractivity contribution >= 4 is 23.3 Å². The van der Waals surface area contributed by atoms with Crippen LogP contribution in [0.1, 0.15) is 15.9 Å². The highest BCUT2D eigenvalue weighted by Crippen LogP contribution is 2.11. The fraction of sp³-hybridized carbons (Fsp3) is 0.0500. The maximum Gasteiger partial charge on any atom is 0.323 e. The van der Waals surface area contributed by atoms with Gasteiger partial charge in [-0.05, 0) is 54.1 Å². The van der Waals surface area contributed by atoms with Crippen molar-refractivity contribution in [3.05, 3.63) is 90.0 Å². The summed E-state index contributed by atoms with van der Waals surface area (Å²) in [5, 5.41) is 8.10. The quantitative estimate of drug-likeness (QED) is 0.602. The lowest BCUT2D eigenvalue weighted by molar-refractivity contribution is 0.0951. The number of anilines is 2. The first-order chi connectivity index (χ1) is 13.1. The van der Waals surface area contributed by atoms with Gasteiger partial charge in [0.15, 0.2) is 0 Å². The monoisotopic (exact) mass is 364 g/mol. The molecule has 0 bridgehead atoms. The number of amides is 3. The molecule has 0 aliphatic heterocycles. The van der Waals surface area contributed by atoms with Gasteiger partial charge >= 0.3 is 6.03 Å². The minimum absolute atomic E-state index is 0.192. The predicted octanol–water partition coefficient (Wildman–Crippen LogP) is 3.79. The van der Waals surface area contributed by atoms with Crippen LogP contribution >= 0.6 is 0 Å². The van der Waals surface area contributed by atoms with E-state index in [1.54, 1.807) is 42.5 Å². The second-order valence-electron chi connectivity index (χ2n) is 5.69. The average Bonchev–Trinajstić information content (AvgIpc) is 2.67. The lowest BCUT2D eigenvalue weighted by Crippen LogP contribution is -2.23. The van der Waals surface area contributed by atoms with Crippen LogP contribution in [0.15, 0.2) is 72.9 Å². The standard InChI is InChI=1S/C20H17FN4O2/c21-18-12-14(10-11-22-18)13-23-19(26)15-6-8-17(9-7-15)25-20(27)24-16-4-2-1-3-5-16/h1-12H,13H2,(H,23,26)(H2,24,25,27). The summed E-state index contributed by atoms with van der Waals surface area (Å²) in [6, 6.07) is 18.0. The molecule has 0 spiro atoms. The Morgan fingerprint density at radius 1 is 0.889 bits per heavy atom. The number of carbonyl (C=O) groups is 2. The number of nitrogens with zero attached hydrogens (tertiary/aromatic N) is 1. The van der Waals surface area contributed by atoms with E-state index in [1.807, 2.05) is 18.2 Å². The minimum atomic E-state index is -0.592. The summed E-state index contributed by atoms with van der Waals surface area (Å²) >= 11 is 0. The molecule has 0 aliphatic carbocycles. The zero-order valence-electron chi connectivity index (χ0n) is 14.3. The normalized spacial score (nSPS) is 10.1. The number of nitrogens with one attached hydrogen (secondary N) is 3. The van der Waals surface area contributed by atoms with Gasteiger partial charge < -0.3 is 16.0 Å². The third-order valence-electron chi connectivity index (χ3n) is 3.68. The Labute approximate surface area is 155 Å². The van der Waals surface area contributed by atoms with Crippen LogP contribution in [0.4, 0.5) is 20.6 Å². The summed E-state index contributed by atoms with van der Waals surface area (Å²) in [5.41, 5.74) is 2.28. The first-order valence-electron chi connectivity index (χ1n) is 8.22. The van der Waals surface area contributed by atoms with Crippen LogP contribution in [-0.4, -0.2) is 16.9 Å². The lowest BCUT2D eigenvalue weighted by atomic mass is 10.2. The molecule has 0 fully saturated rings. The van der Waals surface area contributed by atoms with E-state index in [0.29, 0.717) is 22.5 Å². The molecular formula is C20H17FN4O2. The molecule has 0 saturated heterocycles. The molecule has 3 rings (SSSR count). The molecule has 0 aliphatic rings. The number of hydrogen-bond donors (Lipinski definition) is 3. The first kappa shape index (κ1) is 18.1. The van der Waals surface area contributed by atoms with Crippen LogP contribution in [-0.2, 0) is 6.54 Å². The zero-order chi connectivity index (χ0) is 19.1. The first-order valence-corrected chi connectivity index (χ1v) is 8.22. The smallest absolute Gasteiger partial charge is 0.323 e. The van der Waals surface area contributed by atoms with Gasteiger partial charge in [-0.25, -0.2) is 9.78 Å². The van der Waals surface area contributed by atoms with E-state index in [2.05, 4.69) is 20.9 Å². The Morgan fingerprint density at radius 2 is 1.56 bits per heavy atom. The van der Waals surface area contributed by atoms with Gasteiger partial charge in [0.05, 0.1) is 0 Å². The van der Waals surface area contributed by atoms with Crippen molar-refractivity contribution in [2.75, 3.05) is 10.6 Å². The summed E-state index contributed by atoms with van der Waals surface area (Å²) in [6.07, 6.45) is 1.35. The molecule has 0 saturated carbocycles. The average molecular weight is 364 g/mol. The highest BCUT2D eigenvalue weighted by Gasteiger charge is 2.07. The molecule has 3 N–H and O–H groups in total. The highest BCUT2D eigenvalue weighted by atomic mass is 19.1. The molecule has 2 aromatic carbocycles. The van der Waals surface area contributed by atoms with Crippen LogP contribution in [0.5, 0.6) is 0 Å². The van der Waals surface area contributed by atoms with Crippen LogP contribution in [0.3, 0.4) is 0 Å². The molecule has 6 nitrogen and oxygen atoms in total. The molecule has 0 radical (unpaired) electrons. The van der Waals surface area contributed by atoms with Crippen LogP contribution in [0, 0.1) is 5.95 Å². The number of hydrogen-bond acceptors (Lipinski definition) is 3. The van der Waals surface area contributed by atoms with Crippen LogP contribution in [0.2, 0.25) is 0 Å². The lowest BCUT2D eigenvalue weighted by Gasteiger charge is -2.09. The van der Waals surface area contributed by atoms with E-state index in [9.17, 15) is 14.0 Å². The van der Waals surface area contributed by atoms with E-state index in [4.69, 9.17) is 0 Å². The summed E-state index contributed by atoms with van der Waals surface area (Å²) in [4.78, 5) is 27.6. The Hall–Kier alpha value is -3.74. The number of para-hydroxylation sites is 1. The molecule has 0 atom stereocenters. The summed E-state index contributed by atoms with van der Waals surface area (Å²) < 4.78 is 13.0. The molecule has 27 heavy (non-hydrogen) atoms. The van der Waals surface area contributed by atoms with Crippen molar-refractivity contribution in [2.24, 2.45) is 0 Å². The maximum absolute atomic E-state index is 13.0. The third-order valence-corrected chi connectivity index (χ3v) is 3.68. The van der Waals surface area contributed by atoms with Gasteiger partial charge in [0, 0.05) is 29.7 Å². The SMILES string of the molecule is O=C(Nc1ccccc1)Nc1ccc(C(=O)NCc2ccnc(F)c2)cc1. The molecule has 1 aromatic heterocycles. The number of rotatable bonds is 5. The minimum Gasteiger partial charge on any atom is -0.348 e. The largest absolute Gasteiger partial charge is 0.348 e. The Balaban J connectivity index is 1.53. The van der Waals surface area contributed by atoms with Crippen molar-refractivity contribution in [3.8, 4) is 0 Å². The van der Waals surface area contributed by atoms with Crippen molar-refractivity contribution in [1.29, 1.82) is 0 Å². The van der Waals surface area contributed by atoms with E-state index in [0.717, 1.165) is 0 Å². The van der Waals surface area contributed by atoms with Gasteiger partial charge in [0.25, 0.3) is 5.91 Å². The van der Waals surface area contributed by atoms with Crippen molar-refractivity contribution < 1.29 is 14.0 Å². The predicted molar refractivity (Wildman–Crippen MR) is 101 cm³/mol. The molecule has 3 aromatic rings.